The number of sulfone groups is 1. The number of ketones is 1. The van der Waals surface area contributed by atoms with Gasteiger partial charge in [-0.25, -0.2) is 46.8 Å². The summed E-state index contributed by atoms with van der Waals surface area (Å²) >= 11 is 23.1. The topological polar surface area (TPSA) is 292 Å². The second-order valence-electron chi connectivity index (χ2n) is 21.6. The third-order valence-corrected chi connectivity index (χ3v) is 16.2. The molecule has 6 heterocycles. The molecule has 2 N–H and O–H groups in total. The van der Waals surface area contributed by atoms with E-state index in [1.54, 1.807) is 55.3 Å². The second-order valence-corrected chi connectivity index (χ2v) is 25.2. The first kappa shape index (κ1) is 70.5. The molecule has 0 radical (unpaired) electrons. The summed E-state index contributed by atoms with van der Waals surface area (Å²) in [6, 6.07) is 14.7. The zero-order valence-corrected chi connectivity index (χ0v) is 55.1. The number of aryl methyl sites for hydroxylation is 4. The lowest BCUT2D eigenvalue weighted by molar-refractivity contribution is -0.148. The van der Waals surface area contributed by atoms with E-state index in [9.17, 15) is 42.3 Å². The minimum atomic E-state index is -3.52. The number of carbonyl (C=O) groups is 5. The molecule has 6 aromatic rings. The molecule has 0 spiro atoms. The molecule has 3 aromatic carbocycles. The van der Waals surface area contributed by atoms with Crippen molar-refractivity contribution >= 4 is 103 Å². The lowest BCUT2D eigenvalue weighted by Gasteiger charge is -2.32. The number of carbonyl (C=O) groups excluding carboxylic acids is 4. The molecular formula is C61H70Cl4N8O15S. The summed E-state index contributed by atoms with van der Waals surface area (Å²) in [5.41, 5.74) is 4.83. The van der Waals surface area contributed by atoms with E-state index in [0.717, 1.165) is 35.8 Å². The first-order valence-electron chi connectivity index (χ1n) is 28.1. The summed E-state index contributed by atoms with van der Waals surface area (Å²) in [7, 11) is -2.00. The second kappa shape index (κ2) is 29.8. The molecule has 478 valence electrons. The van der Waals surface area contributed by atoms with E-state index in [0.29, 0.717) is 83.3 Å². The number of aromatic hydroxyl groups is 1. The fourth-order valence-corrected chi connectivity index (χ4v) is 11.4. The van der Waals surface area contributed by atoms with Crippen molar-refractivity contribution in [1.29, 1.82) is 0 Å². The van der Waals surface area contributed by atoms with Gasteiger partial charge in [-0.15, -0.1) is 0 Å². The monoisotopic (exact) mass is 1330 g/mol. The number of esters is 3. The van der Waals surface area contributed by atoms with Crippen molar-refractivity contribution in [1.82, 2.24) is 24.1 Å². The van der Waals surface area contributed by atoms with Crippen LogP contribution in [0.2, 0.25) is 20.2 Å². The van der Waals surface area contributed by atoms with Gasteiger partial charge in [-0.1, -0.05) is 83.1 Å². The highest BCUT2D eigenvalue weighted by molar-refractivity contribution is 7.90. The Balaban J connectivity index is 0.000000197. The number of oxime groups is 1. The van der Waals surface area contributed by atoms with Crippen LogP contribution in [0.3, 0.4) is 0 Å². The average molecular weight is 1330 g/mol. The standard InChI is InChI=1S/C23H32N2O4.C16H18Cl2N2O4.C16H17N3O5S.C6H3Cl2NO2/c1-7-16-13-15(3)14-17(8-2)18(16)19-20(26)24-9-11-28-12-10-25(24)21(19)29-22(27)23(4,5)6;1-4-23-14(21)12-9-16(3,15(22)24-5-2)20(19-12)13-7-6-10(17)8-11(13)18;1-9-10(15(20)11-8-17-19(2)16(11)21)4-5-13(25(3,22)23)14(9)12-6-7-24-18-12;7-3-1-2-4(8)9-5(3)6(10)11/h13-14H,7-12H2,1-6H3;6-8H,4-5,9H2,1-3H3;4-5,8,21H,6-7H2,1-3H3;1-2H,(H,10,11). The maximum Gasteiger partial charge on any atom is 0.356 e. The van der Waals surface area contributed by atoms with Crippen molar-refractivity contribution < 1.29 is 66.4 Å². The van der Waals surface area contributed by atoms with E-state index < -0.39 is 44.5 Å². The van der Waals surface area contributed by atoms with Crippen LogP contribution in [0.15, 0.2) is 80.7 Å². The number of benzene rings is 3. The smallest absolute Gasteiger partial charge is 0.356 e. The van der Waals surface area contributed by atoms with E-state index in [1.807, 2.05) is 20.8 Å². The minimum absolute atomic E-state index is 0.0493. The van der Waals surface area contributed by atoms with Crippen molar-refractivity contribution in [2.75, 3.05) is 44.3 Å². The average Bonchev–Trinajstić information content (AvgIpc) is 1.70. The first-order chi connectivity index (χ1) is 41.8. The number of aromatic nitrogens is 5. The number of fused-ring (bicyclic) bond motifs is 1. The van der Waals surface area contributed by atoms with Crippen LogP contribution in [0, 0.1) is 19.3 Å². The Kier molecular flexibility index (Phi) is 23.6. The zero-order valence-electron chi connectivity index (χ0n) is 51.3. The Hall–Kier alpha value is -7.61. The molecule has 0 saturated heterocycles. The number of pyridine rings is 1. The van der Waals surface area contributed by atoms with Gasteiger partial charge in [0, 0.05) is 42.3 Å². The Morgan fingerprint density at radius 3 is 1.98 bits per heavy atom. The fraction of sp³-hybridized carbons (Fsp3) is 0.410. The van der Waals surface area contributed by atoms with Gasteiger partial charge in [0.2, 0.25) is 11.8 Å². The van der Waals surface area contributed by atoms with E-state index in [1.165, 1.54) is 52.8 Å². The molecule has 1 unspecified atom stereocenters. The molecule has 3 aliphatic rings. The van der Waals surface area contributed by atoms with Crippen molar-refractivity contribution in [2.24, 2.45) is 22.7 Å². The van der Waals surface area contributed by atoms with E-state index in [2.05, 4.69) is 53.2 Å². The molecule has 23 nitrogen and oxygen atoms in total. The van der Waals surface area contributed by atoms with Gasteiger partial charge in [-0.2, -0.15) is 10.2 Å². The van der Waals surface area contributed by atoms with Crippen molar-refractivity contribution in [3.8, 4) is 22.9 Å². The maximum atomic E-state index is 13.5. The number of aromatic carboxylic acids is 1. The van der Waals surface area contributed by atoms with E-state index in [4.69, 9.17) is 75.3 Å². The molecular weight excluding hydrogens is 1260 g/mol. The first-order valence-corrected chi connectivity index (χ1v) is 31.5. The normalized spacial score (nSPS) is 15.3. The third kappa shape index (κ3) is 16.2. The van der Waals surface area contributed by atoms with Crippen LogP contribution in [0.4, 0.5) is 5.69 Å². The largest absolute Gasteiger partial charge is 0.493 e. The number of carboxylic acid groups (broad SMARTS) is 1. The molecule has 0 saturated carbocycles. The summed E-state index contributed by atoms with van der Waals surface area (Å²) < 4.78 is 50.5. The quantitative estimate of drug-likeness (QED) is 0.0582. The summed E-state index contributed by atoms with van der Waals surface area (Å²) in [4.78, 5) is 82.6. The van der Waals surface area contributed by atoms with Crippen molar-refractivity contribution in [2.45, 2.75) is 118 Å². The van der Waals surface area contributed by atoms with Gasteiger partial charge >= 0.3 is 23.9 Å². The summed E-state index contributed by atoms with van der Waals surface area (Å²) in [6.07, 6.45) is 4.49. The van der Waals surface area contributed by atoms with E-state index in [-0.39, 0.29) is 74.6 Å². The molecule has 89 heavy (non-hydrogen) atoms. The summed E-state index contributed by atoms with van der Waals surface area (Å²) in [6.45, 7) is 21.0. The number of rotatable bonds is 14. The number of carboxylic acids is 1. The Morgan fingerprint density at radius 1 is 0.809 bits per heavy atom. The molecule has 0 bridgehead atoms. The van der Waals surface area contributed by atoms with Crippen LogP contribution in [-0.2, 0) is 76.2 Å². The van der Waals surface area contributed by atoms with Crippen LogP contribution < -0.4 is 15.3 Å². The number of hydrazone groups is 1. The van der Waals surface area contributed by atoms with Crippen LogP contribution in [-0.4, -0.2) is 129 Å². The lowest BCUT2D eigenvalue weighted by atomic mass is 9.91. The molecule has 28 heteroatoms. The van der Waals surface area contributed by atoms with Gasteiger partial charge < -0.3 is 34.0 Å². The highest BCUT2D eigenvalue weighted by atomic mass is 35.5. The highest BCUT2D eigenvalue weighted by Gasteiger charge is 2.50. The summed E-state index contributed by atoms with van der Waals surface area (Å²) in [5.74, 6) is -2.96. The highest BCUT2D eigenvalue weighted by Crippen LogP contribution is 2.40. The third-order valence-electron chi connectivity index (χ3n) is 14.0. The Morgan fingerprint density at radius 2 is 1.45 bits per heavy atom. The number of halogens is 4. The number of ether oxygens (including phenoxy) is 4. The minimum Gasteiger partial charge on any atom is -0.493 e. The molecule has 9 rings (SSSR count). The number of anilines is 1. The van der Waals surface area contributed by atoms with Gasteiger partial charge in [0.05, 0.1) is 77.5 Å². The molecule has 0 aliphatic carbocycles. The van der Waals surface area contributed by atoms with Gasteiger partial charge in [0.25, 0.3) is 5.56 Å². The predicted molar refractivity (Wildman–Crippen MR) is 337 cm³/mol. The number of hydrogen-bond acceptors (Lipinski definition) is 19. The fourth-order valence-electron chi connectivity index (χ4n) is 9.60. The van der Waals surface area contributed by atoms with Gasteiger partial charge in [-0.05, 0) is 133 Å². The predicted octanol–water partition coefficient (Wildman–Crippen LogP) is 10.5. The molecule has 0 fully saturated rings. The van der Waals surface area contributed by atoms with Crippen molar-refractivity contribution in [3.05, 3.63) is 136 Å². The lowest BCUT2D eigenvalue weighted by Crippen LogP contribution is -2.48. The molecule has 3 aromatic heterocycles. The van der Waals surface area contributed by atoms with Crippen LogP contribution in [0.1, 0.15) is 122 Å². The molecule has 1 atom stereocenters. The molecule has 0 amide bonds. The zero-order chi connectivity index (χ0) is 66.0. The number of hydrogen-bond donors (Lipinski definition) is 2. The number of nitrogens with zero attached hydrogens (tertiary/aromatic N) is 8. The van der Waals surface area contributed by atoms with Crippen LogP contribution in [0.25, 0.3) is 11.1 Å². The molecule has 3 aliphatic heterocycles. The van der Waals surface area contributed by atoms with Crippen molar-refractivity contribution in [3.63, 3.8) is 0 Å². The van der Waals surface area contributed by atoms with Crippen LogP contribution >= 0.6 is 46.4 Å². The van der Waals surface area contributed by atoms with Gasteiger partial charge in [-0.3, -0.25) is 14.4 Å². The SMILES string of the molecule is CCOC(=O)C1=NN(c2ccc(Cl)cc2Cl)C(C)(C(=O)OCC)C1.CCc1cc(C)cc(CC)c1-c1c(OC(=O)C(C)(C)C)n2n(c1=O)CCOCC2.Cc1c(C(=O)c2cnn(C)c2O)ccc(S(C)(=O)=O)c1C1=NOCC1.O=C(O)c1nc(Cl)ccc1Cl. The van der Waals surface area contributed by atoms with E-state index >= 15 is 0 Å². The Labute approximate surface area is 534 Å². The van der Waals surface area contributed by atoms with Gasteiger partial charge in [0.15, 0.2) is 26.9 Å². The maximum absolute atomic E-state index is 13.5. The summed E-state index contributed by atoms with van der Waals surface area (Å²) in [5, 5.41) is 32.9. The Bertz CT molecular complexity index is 3920. The van der Waals surface area contributed by atoms with Crippen LogP contribution in [0.5, 0.6) is 11.8 Å². The van der Waals surface area contributed by atoms with Gasteiger partial charge in [0.1, 0.15) is 28.6 Å².